The van der Waals surface area contributed by atoms with Crippen LogP contribution in [0.5, 0.6) is 0 Å². The molecule has 6 nitrogen and oxygen atoms in total. The van der Waals surface area contributed by atoms with Crippen molar-refractivity contribution in [1.82, 2.24) is 24.4 Å². The van der Waals surface area contributed by atoms with Gasteiger partial charge in [-0.3, -0.25) is 4.98 Å². The number of likely N-dealkylation sites (tertiary alicyclic amines) is 1. The van der Waals surface area contributed by atoms with E-state index in [1.807, 2.05) is 35.0 Å². The van der Waals surface area contributed by atoms with Crippen molar-refractivity contribution in [2.75, 3.05) is 19.6 Å². The van der Waals surface area contributed by atoms with Gasteiger partial charge in [-0.25, -0.2) is 14.4 Å². The van der Waals surface area contributed by atoms with E-state index in [9.17, 15) is 9.50 Å². The topological polar surface area (TPSA) is 67.1 Å². The van der Waals surface area contributed by atoms with E-state index in [0.717, 1.165) is 55.7 Å². The van der Waals surface area contributed by atoms with Crippen molar-refractivity contribution in [3.05, 3.63) is 89.9 Å². The predicted octanol–water partition coefficient (Wildman–Crippen LogP) is 4.00. The molecule has 0 amide bonds. The SMILES string of the molecule is OC(c1nc2ncccc2n1Cc1ccc(F)cc1)C1CCN(CCc2ccccn2)CC1. The maximum absolute atomic E-state index is 13.4. The first kappa shape index (κ1) is 21.7. The van der Waals surface area contributed by atoms with Gasteiger partial charge in [0.05, 0.1) is 5.52 Å². The predicted molar refractivity (Wildman–Crippen MR) is 125 cm³/mol. The van der Waals surface area contributed by atoms with Crippen LogP contribution in [-0.4, -0.2) is 49.2 Å². The number of pyridine rings is 2. The van der Waals surface area contributed by atoms with Crippen LogP contribution in [0.4, 0.5) is 4.39 Å². The Morgan fingerprint density at radius 1 is 0.970 bits per heavy atom. The van der Waals surface area contributed by atoms with Crippen molar-refractivity contribution >= 4 is 11.2 Å². The lowest BCUT2D eigenvalue weighted by atomic mass is 9.90. The first-order valence-electron chi connectivity index (χ1n) is 11.5. The van der Waals surface area contributed by atoms with E-state index in [-0.39, 0.29) is 11.7 Å². The highest BCUT2D eigenvalue weighted by Gasteiger charge is 2.30. The number of fused-ring (bicyclic) bond motifs is 1. The van der Waals surface area contributed by atoms with Crippen LogP contribution >= 0.6 is 0 Å². The van der Waals surface area contributed by atoms with Gasteiger partial charge in [-0.15, -0.1) is 0 Å². The third kappa shape index (κ3) is 4.94. The van der Waals surface area contributed by atoms with Crippen LogP contribution in [0, 0.1) is 11.7 Å². The Hall–Kier alpha value is -3.16. The molecule has 0 saturated carbocycles. The van der Waals surface area contributed by atoms with E-state index in [4.69, 9.17) is 4.98 Å². The van der Waals surface area contributed by atoms with Gasteiger partial charge >= 0.3 is 0 Å². The quantitative estimate of drug-likeness (QED) is 0.466. The molecule has 4 heterocycles. The highest BCUT2D eigenvalue weighted by atomic mass is 19.1. The van der Waals surface area contributed by atoms with Gasteiger partial charge in [-0.2, -0.15) is 0 Å². The molecule has 1 saturated heterocycles. The average molecular weight is 446 g/mol. The largest absolute Gasteiger partial charge is 0.385 e. The van der Waals surface area contributed by atoms with Gasteiger partial charge in [0.25, 0.3) is 0 Å². The molecule has 1 unspecified atom stereocenters. The van der Waals surface area contributed by atoms with Gasteiger partial charge in [-0.05, 0) is 73.8 Å². The van der Waals surface area contributed by atoms with Gasteiger partial charge in [-0.1, -0.05) is 18.2 Å². The zero-order chi connectivity index (χ0) is 22.6. The fraction of sp³-hybridized carbons (Fsp3) is 0.346. The number of imidazole rings is 1. The normalized spacial score (nSPS) is 16.3. The number of hydrogen-bond donors (Lipinski definition) is 1. The van der Waals surface area contributed by atoms with Crippen LogP contribution in [0.3, 0.4) is 0 Å². The molecule has 1 aliphatic rings. The molecule has 1 atom stereocenters. The first-order valence-corrected chi connectivity index (χ1v) is 11.5. The number of benzene rings is 1. The molecule has 7 heteroatoms. The molecule has 1 N–H and O–H groups in total. The van der Waals surface area contributed by atoms with E-state index >= 15 is 0 Å². The number of aliphatic hydroxyl groups is 1. The van der Waals surface area contributed by atoms with E-state index in [1.165, 1.54) is 12.1 Å². The Labute approximate surface area is 192 Å². The molecule has 0 radical (unpaired) electrons. The molecular formula is C26H28FN5O. The lowest BCUT2D eigenvalue weighted by Gasteiger charge is -2.34. The van der Waals surface area contributed by atoms with Crippen LogP contribution < -0.4 is 0 Å². The summed E-state index contributed by atoms with van der Waals surface area (Å²) in [6.45, 7) is 3.39. The highest BCUT2D eigenvalue weighted by Crippen LogP contribution is 2.32. The van der Waals surface area contributed by atoms with Crippen LogP contribution in [0.15, 0.2) is 67.0 Å². The lowest BCUT2D eigenvalue weighted by molar-refractivity contribution is 0.0513. The fourth-order valence-corrected chi connectivity index (χ4v) is 4.66. The Morgan fingerprint density at radius 3 is 2.52 bits per heavy atom. The molecule has 3 aromatic heterocycles. The second-order valence-corrected chi connectivity index (χ2v) is 8.72. The minimum atomic E-state index is -0.669. The minimum absolute atomic E-state index is 0.139. The number of nitrogens with zero attached hydrogens (tertiary/aromatic N) is 5. The van der Waals surface area contributed by atoms with Crippen molar-refractivity contribution in [3.8, 4) is 0 Å². The molecule has 0 bridgehead atoms. The Morgan fingerprint density at radius 2 is 1.76 bits per heavy atom. The molecule has 1 aliphatic heterocycles. The van der Waals surface area contributed by atoms with Crippen molar-refractivity contribution in [1.29, 1.82) is 0 Å². The summed E-state index contributed by atoms with van der Waals surface area (Å²) in [6, 6.07) is 16.3. The molecular weight excluding hydrogens is 417 g/mol. The molecule has 170 valence electrons. The van der Waals surface area contributed by atoms with Crippen LogP contribution in [-0.2, 0) is 13.0 Å². The molecule has 1 fully saturated rings. The maximum atomic E-state index is 13.4. The second kappa shape index (κ2) is 9.77. The number of aromatic nitrogens is 4. The molecule has 33 heavy (non-hydrogen) atoms. The Kier molecular flexibility index (Phi) is 6.41. The van der Waals surface area contributed by atoms with Gasteiger partial charge < -0.3 is 14.6 Å². The number of rotatable bonds is 7. The maximum Gasteiger partial charge on any atom is 0.178 e. The summed E-state index contributed by atoms with van der Waals surface area (Å²) in [4.78, 5) is 16.0. The lowest BCUT2D eigenvalue weighted by Crippen LogP contribution is -2.37. The summed E-state index contributed by atoms with van der Waals surface area (Å²) in [5.74, 6) is 0.519. The number of piperidine rings is 1. The van der Waals surface area contributed by atoms with Crippen LogP contribution in [0.2, 0.25) is 0 Å². The molecule has 0 spiro atoms. The highest BCUT2D eigenvalue weighted by molar-refractivity contribution is 5.71. The molecule has 0 aliphatic carbocycles. The monoisotopic (exact) mass is 445 g/mol. The molecule has 1 aromatic carbocycles. The van der Waals surface area contributed by atoms with Crippen LogP contribution in [0.1, 0.15) is 36.0 Å². The van der Waals surface area contributed by atoms with Crippen molar-refractivity contribution < 1.29 is 9.50 Å². The second-order valence-electron chi connectivity index (χ2n) is 8.72. The molecule has 5 rings (SSSR count). The van der Waals surface area contributed by atoms with Gasteiger partial charge in [0.15, 0.2) is 5.65 Å². The number of halogens is 1. The van der Waals surface area contributed by atoms with Crippen molar-refractivity contribution in [2.24, 2.45) is 5.92 Å². The summed E-state index contributed by atoms with van der Waals surface area (Å²) in [7, 11) is 0. The fourth-order valence-electron chi connectivity index (χ4n) is 4.66. The van der Waals surface area contributed by atoms with E-state index in [1.54, 1.807) is 18.3 Å². The summed E-state index contributed by atoms with van der Waals surface area (Å²) < 4.78 is 15.4. The number of hydrogen-bond acceptors (Lipinski definition) is 5. The molecule has 4 aromatic rings. The summed E-state index contributed by atoms with van der Waals surface area (Å²) in [5.41, 5.74) is 3.57. The number of aliphatic hydroxyl groups excluding tert-OH is 1. The Balaban J connectivity index is 1.29. The summed E-state index contributed by atoms with van der Waals surface area (Å²) in [6.07, 6.45) is 5.65. The first-order chi connectivity index (χ1) is 16.2. The zero-order valence-corrected chi connectivity index (χ0v) is 18.5. The smallest absolute Gasteiger partial charge is 0.178 e. The summed E-state index contributed by atoms with van der Waals surface area (Å²) >= 11 is 0. The Bertz CT molecular complexity index is 1190. The average Bonchev–Trinajstić information content (AvgIpc) is 3.23. The van der Waals surface area contributed by atoms with Gasteiger partial charge in [0, 0.05) is 37.6 Å². The van der Waals surface area contributed by atoms with Crippen molar-refractivity contribution in [3.63, 3.8) is 0 Å². The van der Waals surface area contributed by atoms with Gasteiger partial charge in [0.1, 0.15) is 17.7 Å². The zero-order valence-electron chi connectivity index (χ0n) is 18.5. The summed E-state index contributed by atoms with van der Waals surface area (Å²) in [5, 5.41) is 11.3. The van der Waals surface area contributed by atoms with E-state index in [2.05, 4.69) is 20.9 Å². The minimum Gasteiger partial charge on any atom is -0.385 e. The van der Waals surface area contributed by atoms with Crippen LogP contribution in [0.25, 0.3) is 11.2 Å². The van der Waals surface area contributed by atoms with E-state index in [0.29, 0.717) is 18.0 Å². The standard InChI is InChI=1S/C26H28FN5O/c27-21-8-6-19(7-9-21)18-32-23-5-3-14-29-25(23)30-26(32)24(33)20-10-15-31(16-11-20)17-12-22-4-1-2-13-28-22/h1-9,13-14,20,24,33H,10-12,15-18H2. The van der Waals surface area contributed by atoms with Crippen molar-refractivity contribution in [2.45, 2.75) is 31.9 Å². The van der Waals surface area contributed by atoms with E-state index < -0.39 is 6.10 Å². The van der Waals surface area contributed by atoms with Gasteiger partial charge in [0.2, 0.25) is 0 Å². The third-order valence-electron chi connectivity index (χ3n) is 6.56. The third-order valence-corrected chi connectivity index (χ3v) is 6.56.